The summed E-state index contributed by atoms with van der Waals surface area (Å²) in [5, 5.41) is 0. The molecule has 0 heterocycles. The maximum Gasteiger partial charge on any atom is 0.123 e. The Hall–Kier alpha value is -1.87. The van der Waals surface area contributed by atoms with Gasteiger partial charge >= 0.3 is 0 Å². The van der Waals surface area contributed by atoms with Gasteiger partial charge in [-0.25, -0.2) is 4.39 Å². The monoisotopic (exact) mass is 273 g/mol. The lowest BCUT2D eigenvalue weighted by atomic mass is 10.0. The molecule has 3 heteroatoms. The topological polar surface area (TPSA) is 35.2 Å². The van der Waals surface area contributed by atoms with Gasteiger partial charge in [-0.3, -0.25) is 0 Å². The van der Waals surface area contributed by atoms with Crippen LogP contribution >= 0.6 is 0 Å². The van der Waals surface area contributed by atoms with Gasteiger partial charge in [0, 0.05) is 0 Å². The minimum absolute atomic E-state index is 0.194. The summed E-state index contributed by atoms with van der Waals surface area (Å²) in [4.78, 5) is 0. The van der Waals surface area contributed by atoms with Crippen molar-refractivity contribution in [1.29, 1.82) is 0 Å². The van der Waals surface area contributed by atoms with Gasteiger partial charge in [-0.05, 0) is 55.7 Å². The third kappa shape index (κ3) is 3.36. The average Bonchev–Trinajstić information content (AvgIpc) is 2.37. The van der Waals surface area contributed by atoms with E-state index in [2.05, 4.69) is 13.0 Å². The van der Waals surface area contributed by atoms with Crippen LogP contribution in [-0.4, -0.2) is 6.61 Å². The summed E-state index contributed by atoms with van der Waals surface area (Å²) in [6, 6.07) is 10.5. The smallest absolute Gasteiger partial charge is 0.123 e. The molecular formula is C17H20FNO. The third-order valence-electron chi connectivity index (χ3n) is 3.38. The quantitative estimate of drug-likeness (QED) is 0.918. The van der Waals surface area contributed by atoms with E-state index in [9.17, 15) is 4.39 Å². The van der Waals surface area contributed by atoms with Gasteiger partial charge in [0.05, 0.1) is 6.04 Å². The number of rotatable bonds is 4. The summed E-state index contributed by atoms with van der Waals surface area (Å²) in [6.07, 6.45) is 0. The van der Waals surface area contributed by atoms with Crippen molar-refractivity contribution in [3.05, 3.63) is 64.5 Å². The molecule has 2 rings (SSSR count). The molecule has 0 aliphatic heterocycles. The number of hydrogen-bond acceptors (Lipinski definition) is 2. The normalized spacial score (nSPS) is 12.2. The Morgan fingerprint density at radius 1 is 1.05 bits per heavy atom. The standard InChI is InChI=1S/C17H20FNO/c1-11-4-6-15(12(2)8-11)16(19)10-20-17-7-5-14(18)9-13(17)3/h4-9,16H,10,19H2,1-3H3. The fraction of sp³-hybridized carbons (Fsp3) is 0.294. The zero-order valence-electron chi connectivity index (χ0n) is 12.1. The van der Waals surface area contributed by atoms with E-state index < -0.39 is 0 Å². The Labute approximate surface area is 119 Å². The van der Waals surface area contributed by atoms with Crippen LogP contribution in [0.1, 0.15) is 28.3 Å². The number of aryl methyl sites for hydroxylation is 3. The number of nitrogens with two attached hydrogens (primary N) is 1. The first-order valence-corrected chi connectivity index (χ1v) is 6.69. The highest BCUT2D eigenvalue weighted by molar-refractivity contribution is 5.34. The Bertz CT molecular complexity index is 610. The molecule has 0 radical (unpaired) electrons. The number of ether oxygens (including phenoxy) is 1. The van der Waals surface area contributed by atoms with Gasteiger partial charge in [-0.1, -0.05) is 23.8 Å². The summed E-state index contributed by atoms with van der Waals surface area (Å²) >= 11 is 0. The van der Waals surface area contributed by atoms with Gasteiger partial charge in [0.15, 0.2) is 0 Å². The van der Waals surface area contributed by atoms with E-state index in [4.69, 9.17) is 10.5 Å². The van der Waals surface area contributed by atoms with Gasteiger partial charge in [0.1, 0.15) is 18.2 Å². The second-order valence-corrected chi connectivity index (χ2v) is 5.19. The van der Waals surface area contributed by atoms with Crippen molar-refractivity contribution in [2.75, 3.05) is 6.61 Å². The van der Waals surface area contributed by atoms with E-state index in [0.717, 1.165) is 16.7 Å². The molecular weight excluding hydrogens is 253 g/mol. The molecule has 0 amide bonds. The van der Waals surface area contributed by atoms with Crippen LogP contribution in [0.25, 0.3) is 0 Å². The van der Waals surface area contributed by atoms with E-state index in [-0.39, 0.29) is 11.9 Å². The Morgan fingerprint density at radius 3 is 2.45 bits per heavy atom. The van der Waals surface area contributed by atoms with Crippen LogP contribution in [0.4, 0.5) is 4.39 Å². The maximum absolute atomic E-state index is 13.0. The third-order valence-corrected chi connectivity index (χ3v) is 3.38. The van der Waals surface area contributed by atoms with Gasteiger partial charge < -0.3 is 10.5 Å². The van der Waals surface area contributed by atoms with Gasteiger partial charge in [0.25, 0.3) is 0 Å². The number of benzene rings is 2. The lowest BCUT2D eigenvalue weighted by Crippen LogP contribution is -2.20. The Kier molecular flexibility index (Phi) is 4.40. The molecule has 2 N–H and O–H groups in total. The SMILES string of the molecule is Cc1ccc(C(N)COc2ccc(F)cc2C)c(C)c1. The summed E-state index contributed by atoms with van der Waals surface area (Å²) in [5.74, 6) is 0.417. The largest absolute Gasteiger partial charge is 0.491 e. The second kappa shape index (κ2) is 6.06. The van der Waals surface area contributed by atoms with Gasteiger partial charge in [-0.2, -0.15) is 0 Å². The van der Waals surface area contributed by atoms with Gasteiger partial charge in [0.2, 0.25) is 0 Å². The lowest BCUT2D eigenvalue weighted by molar-refractivity contribution is 0.288. The van der Waals surface area contributed by atoms with Crippen molar-refractivity contribution in [3.63, 3.8) is 0 Å². The molecule has 0 aliphatic carbocycles. The highest BCUT2D eigenvalue weighted by Crippen LogP contribution is 2.22. The number of hydrogen-bond donors (Lipinski definition) is 1. The minimum Gasteiger partial charge on any atom is -0.491 e. The highest BCUT2D eigenvalue weighted by atomic mass is 19.1. The molecule has 0 spiro atoms. The summed E-state index contributed by atoms with van der Waals surface area (Å²) < 4.78 is 18.7. The van der Waals surface area contributed by atoms with E-state index in [1.807, 2.05) is 26.0 Å². The van der Waals surface area contributed by atoms with Crippen LogP contribution in [0.2, 0.25) is 0 Å². The van der Waals surface area contributed by atoms with Crippen molar-refractivity contribution in [2.45, 2.75) is 26.8 Å². The zero-order chi connectivity index (χ0) is 14.7. The van der Waals surface area contributed by atoms with Crippen LogP contribution in [0.15, 0.2) is 36.4 Å². The van der Waals surface area contributed by atoms with Gasteiger partial charge in [-0.15, -0.1) is 0 Å². The summed E-state index contributed by atoms with van der Waals surface area (Å²) in [5.41, 5.74) is 10.4. The van der Waals surface area contributed by atoms with Crippen LogP contribution < -0.4 is 10.5 Å². The molecule has 0 fully saturated rings. The minimum atomic E-state index is -0.256. The summed E-state index contributed by atoms with van der Waals surface area (Å²) in [7, 11) is 0. The maximum atomic E-state index is 13.0. The van der Waals surface area contributed by atoms with Crippen molar-refractivity contribution in [2.24, 2.45) is 5.73 Å². The predicted octanol–water partition coefficient (Wildman–Crippen LogP) is 3.83. The van der Waals surface area contributed by atoms with Crippen molar-refractivity contribution < 1.29 is 9.13 Å². The second-order valence-electron chi connectivity index (χ2n) is 5.19. The first-order chi connectivity index (χ1) is 9.47. The fourth-order valence-corrected chi connectivity index (χ4v) is 2.29. The van der Waals surface area contributed by atoms with E-state index >= 15 is 0 Å². The van der Waals surface area contributed by atoms with Crippen LogP contribution in [0.5, 0.6) is 5.75 Å². The molecule has 2 aromatic rings. The molecule has 1 unspecified atom stereocenters. The molecule has 0 aliphatic rings. The fourth-order valence-electron chi connectivity index (χ4n) is 2.29. The lowest BCUT2D eigenvalue weighted by Gasteiger charge is -2.17. The molecule has 0 saturated heterocycles. The van der Waals surface area contributed by atoms with Crippen LogP contribution in [0, 0.1) is 26.6 Å². The molecule has 20 heavy (non-hydrogen) atoms. The molecule has 0 saturated carbocycles. The van der Waals surface area contributed by atoms with Crippen molar-refractivity contribution in [1.82, 2.24) is 0 Å². The van der Waals surface area contributed by atoms with Crippen LogP contribution in [0.3, 0.4) is 0 Å². The van der Waals surface area contributed by atoms with E-state index in [0.29, 0.717) is 12.4 Å². The Balaban J connectivity index is 2.06. The van der Waals surface area contributed by atoms with Crippen molar-refractivity contribution in [3.8, 4) is 5.75 Å². The first kappa shape index (κ1) is 14.5. The average molecular weight is 273 g/mol. The van der Waals surface area contributed by atoms with Crippen LogP contribution in [-0.2, 0) is 0 Å². The first-order valence-electron chi connectivity index (χ1n) is 6.69. The molecule has 0 aromatic heterocycles. The van der Waals surface area contributed by atoms with E-state index in [1.54, 1.807) is 6.07 Å². The molecule has 2 aromatic carbocycles. The zero-order valence-corrected chi connectivity index (χ0v) is 12.1. The predicted molar refractivity (Wildman–Crippen MR) is 79.5 cm³/mol. The summed E-state index contributed by atoms with van der Waals surface area (Å²) in [6.45, 7) is 6.30. The number of halogens is 1. The highest BCUT2D eigenvalue weighted by Gasteiger charge is 2.11. The molecule has 1 atom stereocenters. The molecule has 2 nitrogen and oxygen atoms in total. The Morgan fingerprint density at radius 2 is 1.80 bits per heavy atom. The van der Waals surface area contributed by atoms with E-state index in [1.165, 1.54) is 17.7 Å². The molecule has 106 valence electrons. The van der Waals surface area contributed by atoms with Crippen molar-refractivity contribution >= 4 is 0 Å². The molecule has 0 bridgehead atoms.